The van der Waals surface area contributed by atoms with Gasteiger partial charge in [0.05, 0.1) is 19.7 Å². The Labute approximate surface area is 378 Å². The second kappa shape index (κ2) is 15.9. The van der Waals surface area contributed by atoms with Gasteiger partial charge in [-0.3, -0.25) is 40.5 Å². The monoisotopic (exact) mass is 900 g/mol. The molecule has 328 valence electrons. The summed E-state index contributed by atoms with van der Waals surface area (Å²) in [4.78, 5) is 48.4. The van der Waals surface area contributed by atoms with Gasteiger partial charge in [0.1, 0.15) is 34.5 Å². The largest absolute Gasteiger partial charge is 0.449 e. The average molecular weight is 901 g/mol. The Kier molecular flexibility index (Phi) is 9.56. The zero-order valence-electron chi connectivity index (χ0n) is 34.9. The van der Waals surface area contributed by atoms with Crippen LogP contribution in [0.2, 0.25) is 0 Å². The molecule has 0 radical (unpaired) electrons. The van der Waals surface area contributed by atoms with Gasteiger partial charge in [0.25, 0.3) is 0 Å². The van der Waals surface area contributed by atoms with Crippen LogP contribution in [0.1, 0.15) is 0 Å². The predicted octanol–water partition coefficient (Wildman–Crippen LogP) is 15.2. The molecule has 16 nitrogen and oxygen atoms in total. The smallest absolute Gasteiger partial charge is 0.318 e. The van der Waals surface area contributed by atoms with Gasteiger partial charge in [0, 0.05) is 33.7 Å². The summed E-state index contributed by atoms with van der Waals surface area (Å²) < 4.78 is 26.4. The molecular formula is C52H28N4O12. The lowest BCUT2D eigenvalue weighted by Crippen LogP contribution is -1.94. The molecule has 68 heavy (non-hydrogen) atoms. The minimum absolute atomic E-state index is 0.0305. The summed E-state index contributed by atoms with van der Waals surface area (Å²) in [6, 6.07) is 45.8. The number of hydrogen-bond donors (Lipinski definition) is 0. The quantitative estimate of drug-likeness (QED) is 0.119. The first-order valence-corrected chi connectivity index (χ1v) is 20.7. The van der Waals surface area contributed by atoms with E-state index in [9.17, 15) is 40.5 Å². The summed E-state index contributed by atoms with van der Waals surface area (Å²) in [5, 5.41) is 57.9. The molecule has 11 aromatic rings. The van der Waals surface area contributed by atoms with E-state index in [1.807, 2.05) is 48.5 Å². The zero-order valence-corrected chi connectivity index (χ0v) is 34.9. The van der Waals surface area contributed by atoms with Crippen molar-refractivity contribution >= 4 is 132 Å². The maximum Gasteiger partial charge on any atom is 0.318 e. The highest BCUT2D eigenvalue weighted by Gasteiger charge is 2.26. The van der Waals surface area contributed by atoms with Crippen LogP contribution in [-0.2, 0) is 0 Å². The highest BCUT2D eigenvalue weighted by molar-refractivity contribution is 6.26. The van der Waals surface area contributed by atoms with Gasteiger partial charge in [-0.2, -0.15) is 0 Å². The van der Waals surface area contributed by atoms with Crippen LogP contribution in [-0.4, -0.2) is 19.7 Å². The topological polar surface area (TPSA) is 225 Å². The molecule has 0 fully saturated rings. The van der Waals surface area contributed by atoms with Crippen molar-refractivity contribution in [3.8, 4) is 0 Å². The predicted molar refractivity (Wildman–Crippen MR) is 259 cm³/mol. The van der Waals surface area contributed by atoms with Crippen LogP contribution in [0.3, 0.4) is 0 Å². The maximum atomic E-state index is 12.9. The third-order valence-electron chi connectivity index (χ3n) is 11.8. The standard InChI is InChI=1S/C52H28N4O12/c57-53(58)37-25-39(55(61)62)47-27-45(37)65-41-21-17-29-9-1-5-13-33(29)49(41)50-34-14-6-2-10-30(34)18-22-42(50)66-46-28-48(40(56(63)64)26-38(46)54(59)60)68-44-24-20-32-12-4-8-16-36(32)52(44)51-35-15-7-3-11-31(35)19-23-43(51)67-47/h1-28H. The van der Waals surface area contributed by atoms with Crippen LogP contribution in [0.25, 0.3) is 109 Å². The molecule has 0 saturated heterocycles. The van der Waals surface area contributed by atoms with E-state index in [0.717, 1.165) is 24.3 Å². The van der Waals surface area contributed by atoms with Gasteiger partial charge in [0.15, 0.2) is 0 Å². The number of benzene rings is 10. The van der Waals surface area contributed by atoms with Crippen molar-refractivity contribution in [2.75, 3.05) is 0 Å². The summed E-state index contributed by atoms with van der Waals surface area (Å²) in [6.45, 7) is 0. The molecule has 0 aliphatic rings. The molecule has 0 atom stereocenters. The molecule has 0 aliphatic heterocycles. The van der Waals surface area contributed by atoms with E-state index in [0.29, 0.717) is 64.6 Å². The lowest BCUT2D eigenvalue weighted by atomic mass is 9.98. The van der Waals surface area contributed by atoms with Crippen molar-refractivity contribution in [1.29, 1.82) is 0 Å². The van der Waals surface area contributed by atoms with Crippen LogP contribution in [0.5, 0.6) is 0 Å². The molecule has 0 amide bonds. The molecule has 0 spiro atoms. The number of nitro groups is 4. The van der Waals surface area contributed by atoms with Gasteiger partial charge < -0.3 is 17.7 Å². The molecule has 11 rings (SSSR count). The Balaban J connectivity index is 1.53. The van der Waals surface area contributed by atoms with Crippen LogP contribution < -0.4 is 0 Å². The second-order valence-electron chi connectivity index (χ2n) is 15.7. The average Bonchev–Trinajstić information content (AvgIpc) is 3.33. The molecule has 0 aliphatic carbocycles. The normalized spacial score (nSPS) is 11.4. The Bertz CT molecular complexity index is 3770. The van der Waals surface area contributed by atoms with Crippen LogP contribution in [0.15, 0.2) is 188 Å². The van der Waals surface area contributed by atoms with Gasteiger partial charge in [-0.25, -0.2) is 0 Å². The van der Waals surface area contributed by atoms with E-state index in [4.69, 9.17) is 17.7 Å². The van der Waals surface area contributed by atoms with Gasteiger partial charge in [-0.05, 0) is 67.4 Å². The van der Waals surface area contributed by atoms with Crippen molar-refractivity contribution in [2.24, 2.45) is 0 Å². The molecule has 0 N–H and O–H groups in total. The third-order valence-corrected chi connectivity index (χ3v) is 11.8. The summed E-state index contributed by atoms with van der Waals surface area (Å²) in [5.74, 6) is 0. The van der Waals surface area contributed by atoms with Crippen molar-refractivity contribution in [2.45, 2.75) is 0 Å². The summed E-state index contributed by atoms with van der Waals surface area (Å²) in [6.07, 6.45) is 0. The highest BCUT2D eigenvalue weighted by Crippen LogP contribution is 2.41. The zero-order chi connectivity index (χ0) is 46.8. The molecule has 16 heteroatoms. The van der Waals surface area contributed by atoms with E-state index >= 15 is 0 Å². The molecule has 0 saturated carbocycles. The number of fused-ring (bicyclic) bond motifs is 18. The van der Waals surface area contributed by atoms with Gasteiger partial charge in [-0.1, -0.05) is 121 Å². The Hall–Kier alpha value is -9.96. The lowest BCUT2D eigenvalue weighted by molar-refractivity contribution is -0.393. The Morgan fingerprint density at radius 2 is 0.485 bits per heavy atom. The number of non-ortho nitro benzene ring substituents is 4. The van der Waals surface area contributed by atoms with Crippen molar-refractivity contribution < 1.29 is 37.4 Å². The number of rotatable bonds is 4. The van der Waals surface area contributed by atoms with Crippen molar-refractivity contribution in [3.05, 3.63) is 210 Å². The summed E-state index contributed by atoms with van der Waals surface area (Å²) in [5.41, 5.74) is -4.52. The molecular weight excluding hydrogens is 873 g/mol. The van der Waals surface area contributed by atoms with Gasteiger partial charge >= 0.3 is 22.7 Å². The molecule has 10 aromatic carbocycles. The van der Waals surface area contributed by atoms with Crippen molar-refractivity contribution in [3.63, 3.8) is 0 Å². The first-order valence-electron chi connectivity index (χ1n) is 20.7. The van der Waals surface area contributed by atoms with Crippen molar-refractivity contribution in [1.82, 2.24) is 0 Å². The fourth-order valence-electron chi connectivity index (χ4n) is 8.83. The molecule has 1 heterocycles. The highest BCUT2D eigenvalue weighted by atomic mass is 16.6. The number of hydrogen-bond acceptors (Lipinski definition) is 12. The van der Waals surface area contributed by atoms with E-state index in [1.54, 1.807) is 97.1 Å². The number of nitro benzene ring substituents is 4. The van der Waals surface area contributed by atoms with Gasteiger partial charge in [0.2, 0.25) is 22.3 Å². The van der Waals surface area contributed by atoms with E-state index in [1.165, 1.54) is 0 Å². The van der Waals surface area contributed by atoms with E-state index < -0.39 is 64.8 Å². The minimum Gasteiger partial charge on any atom is -0.449 e. The lowest BCUT2D eigenvalue weighted by Gasteiger charge is -2.09. The van der Waals surface area contributed by atoms with Crippen LogP contribution in [0, 0.1) is 40.5 Å². The Morgan fingerprint density at radius 1 is 0.265 bits per heavy atom. The fraction of sp³-hybridized carbons (Fsp3) is 0. The molecule has 1 aromatic heterocycles. The SMILES string of the molecule is O=[N+]([O-])c1cc([N+](=O)[O-])c2cc1oc1ccc3ccccc3c1c1c(ccc3ccccc31)oc1cc(oc3ccc4ccccc4c3c3c(ccc4ccccc43)o2)c([N+](=O)[O-])cc1[N+](=O)[O-]. The maximum absolute atomic E-state index is 12.9. The third kappa shape index (κ3) is 6.80. The minimum atomic E-state index is -0.794. The van der Waals surface area contributed by atoms with E-state index in [-0.39, 0.29) is 22.3 Å². The fourth-order valence-corrected chi connectivity index (χ4v) is 8.83. The first-order chi connectivity index (χ1) is 33.0. The van der Waals surface area contributed by atoms with Crippen LogP contribution >= 0.6 is 0 Å². The van der Waals surface area contributed by atoms with Crippen LogP contribution in [0.4, 0.5) is 22.7 Å². The molecule has 4 bridgehead atoms. The van der Waals surface area contributed by atoms with E-state index in [2.05, 4.69) is 0 Å². The molecule has 0 unspecified atom stereocenters. The second-order valence-corrected chi connectivity index (χ2v) is 15.7. The summed E-state index contributed by atoms with van der Waals surface area (Å²) >= 11 is 0. The first kappa shape index (κ1) is 40.8. The Morgan fingerprint density at radius 3 is 0.706 bits per heavy atom. The van der Waals surface area contributed by atoms with Gasteiger partial charge in [-0.15, -0.1) is 0 Å². The summed E-state index contributed by atoms with van der Waals surface area (Å²) in [7, 11) is 0. The number of nitrogens with zero attached hydrogens (tertiary/aromatic N) is 4.